The van der Waals surface area contributed by atoms with Crippen LogP contribution in [0.15, 0.2) is 69.9 Å². The first kappa shape index (κ1) is 23.5. The highest BCUT2D eigenvalue weighted by molar-refractivity contribution is 7.99. The zero-order valence-electron chi connectivity index (χ0n) is 18.4. The minimum atomic E-state index is -0.446. The zero-order valence-corrected chi connectivity index (χ0v) is 20.1. The van der Waals surface area contributed by atoms with Crippen LogP contribution in [-0.4, -0.2) is 41.4 Å². The monoisotopic (exact) mass is 495 g/mol. The van der Waals surface area contributed by atoms with Crippen LogP contribution in [0.4, 0.5) is 5.69 Å². The van der Waals surface area contributed by atoms with Crippen molar-refractivity contribution in [2.45, 2.75) is 11.7 Å². The summed E-state index contributed by atoms with van der Waals surface area (Å²) in [4.78, 5) is 41.9. The number of nitrogens with one attached hydrogen (secondary N) is 1. The molecular weight excluding hydrogens is 474 g/mol. The molecule has 174 valence electrons. The van der Waals surface area contributed by atoms with Gasteiger partial charge >= 0.3 is 5.97 Å². The van der Waals surface area contributed by atoms with E-state index in [1.165, 1.54) is 30.2 Å². The molecule has 0 unspecified atom stereocenters. The van der Waals surface area contributed by atoms with Crippen molar-refractivity contribution in [1.29, 1.82) is 0 Å². The highest BCUT2D eigenvalue weighted by Gasteiger charge is 2.15. The number of carbonyl (C=O) groups is 2. The second-order valence-corrected chi connectivity index (χ2v) is 9.03. The third-order valence-corrected chi connectivity index (χ3v) is 6.82. The molecule has 0 aliphatic carbocycles. The lowest BCUT2D eigenvalue weighted by Gasteiger charge is -2.13. The summed E-state index contributed by atoms with van der Waals surface area (Å²) in [5.41, 5.74) is 2.33. The van der Waals surface area contributed by atoms with E-state index in [1.807, 2.05) is 29.6 Å². The van der Waals surface area contributed by atoms with E-state index in [0.29, 0.717) is 33.2 Å². The van der Waals surface area contributed by atoms with Crippen LogP contribution < -0.4 is 15.6 Å². The summed E-state index contributed by atoms with van der Waals surface area (Å²) in [5.74, 6) is 0.0853. The molecule has 1 amide bonds. The van der Waals surface area contributed by atoms with Gasteiger partial charge in [0.25, 0.3) is 5.56 Å². The number of rotatable bonds is 8. The average Bonchev–Trinajstić information content (AvgIpc) is 3.34. The topological polar surface area (TPSA) is 99.5 Å². The standard InChI is InChI=1S/C24H21N3O5S2/c1-31-18-9-3-15(4-10-18)13-27-22(29)21-19(11-12-33-21)26-24(27)34-14-20(28)25-17-7-5-16(6-8-17)23(30)32-2/h3-12H,13-14H2,1-2H3,(H,25,28). The lowest BCUT2D eigenvalue weighted by molar-refractivity contribution is -0.113. The molecule has 0 spiro atoms. The van der Waals surface area contributed by atoms with E-state index in [9.17, 15) is 14.4 Å². The van der Waals surface area contributed by atoms with Gasteiger partial charge in [0.15, 0.2) is 5.16 Å². The van der Waals surface area contributed by atoms with Crippen LogP contribution >= 0.6 is 23.1 Å². The Kier molecular flexibility index (Phi) is 7.29. The summed E-state index contributed by atoms with van der Waals surface area (Å²) in [7, 11) is 2.91. The van der Waals surface area contributed by atoms with E-state index in [4.69, 9.17) is 4.74 Å². The van der Waals surface area contributed by atoms with Crippen molar-refractivity contribution in [3.63, 3.8) is 0 Å². The molecular formula is C24H21N3O5S2. The number of amides is 1. The number of esters is 1. The fraction of sp³-hybridized carbons (Fsp3) is 0.167. The molecule has 0 aliphatic heterocycles. The number of thioether (sulfide) groups is 1. The van der Waals surface area contributed by atoms with Crippen molar-refractivity contribution in [2.75, 3.05) is 25.3 Å². The Hall–Kier alpha value is -3.63. The van der Waals surface area contributed by atoms with Crippen molar-refractivity contribution in [1.82, 2.24) is 9.55 Å². The number of benzene rings is 2. The minimum Gasteiger partial charge on any atom is -0.497 e. The third-order valence-electron chi connectivity index (χ3n) is 4.95. The molecule has 0 fully saturated rings. The van der Waals surface area contributed by atoms with E-state index in [0.717, 1.165) is 11.3 Å². The van der Waals surface area contributed by atoms with E-state index >= 15 is 0 Å². The molecule has 10 heteroatoms. The summed E-state index contributed by atoms with van der Waals surface area (Å²) < 4.78 is 12.0. The van der Waals surface area contributed by atoms with Crippen molar-refractivity contribution in [3.05, 3.63) is 81.5 Å². The molecule has 2 aromatic heterocycles. The first-order valence-corrected chi connectivity index (χ1v) is 12.1. The van der Waals surface area contributed by atoms with Crippen LogP contribution in [-0.2, 0) is 16.1 Å². The molecule has 0 aliphatic rings. The van der Waals surface area contributed by atoms with Crippen LogP contribution in [0.1, 0.15) is 15.9 Å². The Labute approximate surface area is 203 Å². The summed E-state index contributed by atoms with van der Waals surface area (Å²) in [6, 6.07) is 15.7. The molecule has 34 heavy (non-hydrogen) atoms. The highest BCUT2D eigenvalue weighted by atomic mass is 32.2. The average molecular weight is 496 g/mol. The van der Waals surface area contributed by atoms with Crippen LogP contribution in [0.5, 0.6) is 5.75 Å². The van der Waals surface area contributed by atoms with Crippen LogP contribution in [0.25, 0.3) is 10.2 Å². The molecule has 0 bridgehead atoms. The normalized spacial score (nSPS) is 10.8. The molecule has 1 N–H and O–H groups in total. The number of nitrogens with zero attached hydrogens (tertiary/aromatic N) is 2. The summed E-state index contributed by atoms with van der Waals surface area (Å²) in [5, 5.41) is 5.08. The van der Waals surface area contributed by atoms with Gasteiger partial charge in [-0.15, -0.1) is 11.3 Å². The van der Waals surface area contributed by atoms with Crippen LogP contribution in [0.2, 0.25) is 0 Å². The predicted molar refractivity (Wildman–Crippen MR) is 133 cm³/mol. The smallest absolute Gasteiger partial charge is 0.337 e. The van der Waals surface area contributed by atoms with Gasteiger partial charge in [0.2, 0.25) is 5.91 Å². The lowest BCUT2D eigenvalue weighted by atomic mass is 10.2. The summed E-state index contributed by atoms with van der Waals surface area (Å²) in [6.07, 6.45) is 0. The SMILES string of the molecule is COC(=O)c1ccc(NC(=O)CSc2nc3ccsc3c(=O)n2Cc2ccc(OC)cc2)cc1. The fourth-order valence-corrected chi connectivity index (χ4v) is 4.80. The van der Waals surface area contributed by atoms with Gasteiger partial charge in [-0.1, -0.05) is 23.9 Å². The number of methoxy groups -OCH3 is 2. The van der Waals surface area contributed by atoms with E-state index in [2.05, 4.69) is 15.0 Å². The summed E-state index contributed by atoms with van der Waals surface area (Å²) in [6.45, 7) is 0.322. The van der Waals surface area contributed by atoms with Gasteiger partial charge in [-0.05, 0) is 53.4 Å². The van der Waals surface area contributed by atoms with E-state index in [1.54, 1.807) is 42.0 Å². The van der Waals surface area contributed by atoms with Gasteiger partial charge in [-0.3, -0.25) is 14.2 Å². The Morgan fingerprint density at radius 3 is 2.47 bits per heavy atom. The van der Waals surface area contributed by atoms with E-state index in [-0.39, 0.29) is 17.2 Å². The number of anilines is 1. The second kappa shape index (κ2) is 10.5. The van der Waals surface area contributed by atoms with Gasteiger partial charge in [0.1, 0.15) is 10.4 Å². The first-order chi connectivity index (χ1) is 16.5. The van der Waals surface area contributed by atoms with Gasteiger partial charge < -0.3 is 14.8 Å². The number of hydrogen-bond acceptors (Lipinski definition) is 8. The molecule has 0 saturated heterocycles. The van der Waals surface area contributed by atoms with Gasteiger partial charge in [0.05, 0.1) is 37.6 Å². The maximum Gasteiger partial charge on any atom is 0.337 e. The molecule has 2 heterocycles. The fourth-order valence-electron chi connectivity index (χ4n) is 3.22. The molecule has 0 radical (unpaired) electrons. The van der Waals surface area contributed by atoms with Gasteiger partial charge in [-0.25, -0.2) is 9.78 Å². The quantitative estimate of drug-likeness (QED) is 0.224. The van der Waals surface area contributed by atoms with Crippen molar-refractivity contribution in [3.8, 4) is 5.75 Å². The molecule has 0 saturated carbocycles. The maximum absolute atomic E-state index is 13.1. The first-order valence-electron chi connectivity index (χ1n) is 10.2. The highest BCUT2D eigenvalue weighted by Crippen LogP contribution is 2.23. The molecule has 4 aromatic rings. The predicted octanol–water partition coefficient (Wildman–Crippen LogP) is 4.03. The number of hydrogen-bond donors (Lipinski definition) is 1. The third kappa shape index (κ3) is 5.29. The van der Waals surface area contributed by atoms with Gasteiger partial charge in [0, 0.05) is 5.69 Å². The number of thiophene rings is 1. The molecule has 0 atom stereocenters. The second-order valence-electron chi connectivity index (χ2n) is 7.17. The zero-order chi connectivity index (χ0) is 24.1. The van der Waals surface area contributed by atoms with E-state index < -0.39 is 5.97 Å². The largest absolute Gasteiger partial charge is 0.497 e. The summed E-state index contributed by atoms with van der Waals surface area (Å²) >= 11 is 2.54. The van der Waals surface area contributed by atoms with Crippen LogP contribution in [0, 0.1) is 0 Å². The Bertz CT molecular complexity index is 1380. The Balaban J connectivity index is 1.51. The molecule has 8 nitrogen and oxygen atoms in total. The number of carbonyl (C=O) groups excluding carboxylic acids is 2. The molecule has 2 aromatic carbocycles. The van der Waals surface area contributed by atoms with Gasteiger partial charge in [-0.2, -0.15) is 0 Å². The Morgan fingerprint density at radius 2 is 1.79 bits per heavy atom. The maximum atomic E-state index is 13.1. The van der Waals surface area contributed by atoms with Crippen molar-refractivity contribution in [2.24, 2.45) is 0 Å². The minimum absolute atomic E-state index is 0.0590. The number of aromatic nitrogens is 2. The molecule has 4 rings (SSSR count). The number of fused-ring (bicyclic) bond motifs is 1. The van der Waals surface area contributed by atoms with Crippen LogP contribution in [0.3, 0.4) is 0 Å². The van der Waals surface area contributed by atoms with Crippen molar-refractivity contribution < 1.29 is 19.1 Å². The lowest BCUT2D eigenvalue weighted by Crippen LogP contribution is -2.24. The van der Waals surface area contributed by atoms with Crippen molar-refractivity contribution >= 4 is 50.9 Å². The number of ether oxygens (including phenoxy) is 2. The Morgan fingerprint density at radius 1 is 1.06 bits per heavy atom.